The van der Waals surface area contributed by atoms with Gasteiger partial charge < -0.3 is 5.32 Å². The van der Waals surface area contributed by atoms with E-state index in [-0.39, 0.29) is 11.5 Å². The van der Waals surface area contributed by atoms with Gasteiger partial charge in [0.15, 0.2) is 14.8 Å². The van der Waals surface area contributed by atoms with E-state index in [2.05, 4.69) is 20.5 Å². The van der Waals surface area contributed by atoms with E-state index in [0.29, 0.717) is 5.01 Å². The zero-order valence-electron chi connectivity index (χ0n) is 9.87. The molecule has 0 radical (unpaired) electrons. The molecule has 0 aliphatic heterocycles. The second-order valence-electron chi connectivity index (χ2n) is 3.46. The maximum Gasteiger partial charge on any atom is 0.205 e. The minimum atomic E-state index is -3.04. The van der Waals surface area contributed by atoms with Crippen molar-refractivity contribution in [3.8, 4) is 9.88 Å². The summed E-state index contributed by atoms with van der Waals surface area (Å²) in [6.07, 6.45) is 1.64. The number of sulfone groups is 1. The van der Waals surface area contributed by atoms with Crippen LogP contribution in [-0.4, -0.2) is 36.4 Å². The molecule has 2 heterocycles. The molecular weight excluding hydrogens is 292 g/mol. The van der Waals surface area contributed by atoms with E-state index in [1.807, 2.05) is 0 Å². The average molecular weight is 304 g/mol. The molecule has 6 nitrogen and oxygen atoms in total. The molecule has 98 valence electrons. The van der Waals surface area contributed by atoms with Gasteiger partial charge in [-0.25, -0.2) is 13.4 Å². The molecule has 2 aromatic rings. The number of anilines is 1. The molecule has 0 atom stereocenters. The lowest BCUT2D eigenvalue weighted by Crippen LogP contribution is -2.05. The van der Waals surface area contributed by atoms with Crippen LogP contribution in [0.1, 0.15) is 11.9 Å². The Hall–Kier alpha value is -1.06. The molecule has 0 bridgehead atoms. The average Bonchev–Trinajstić information content (AvgIpc) is 2.96. The molecule has 0 fully saturated rings. The van der Waals surface area contributed by atoms with Crippen molar-refractivity contribution in [1.82, 2.24) is 15.2 Å². The Bertz CT molecular complexity index is 632. The Balaban J connectivity index is 2.20. The lowest BCUT2D eigenvalue weighted by Gasteiger charge is -1.95. The summed E-state index contributed by atoms with van der Waals surface area (Å²) >= 11 is 2.75. The van der Waals surface area contributed by atoms with E-state index in [9.17, 15) is 8.42 Å². The minimum absolute atomic E-state index is 0.00808. The van der Waals surface area contributed by atoms with Gasteiger partial charge in [0.05, 0.1) is 4.88 Å². The molecule has 0 spiro atoms. The smallest absolute Gasteiger partial charge is 0.205 e. The Kier molecular flexibility index (Phi) is 3.93. The van der Waals surface area contributed by atoms with Crippen LogP contribution in [-0.2, 0) is 15.6 Å². The van der Waals surface area contributed by atoms with Gasteiger partial charge in [-0.3, -0.25) is 0 Å². The van der Waals surface area contributed by atoms with Crippen molar-refractivity contribution >= 4 is 37.6 Å². The quantitative estimate of drug-likeness (QED) is 0.904. The fourth-order valence-corrected chi connectivity index (χ4v) is 4.06. The molecule has 9 heteroatoms. The number of nitrogens with one attached hydrogen (secondary N) is 1. The monoisotopic (exact) mass is 304 g/mol. The number of thiazole rings is 1. The highest BCUT2D eigenvalue weighted by atomic mass is 32.2. The number of rotatable bonds is 5. The van der Waals surface area contributed by atoms with Gasteiger partial charge in [0.2, 0.25) is 5.13 Å². The van der Waals surface area contributed by atoms with Crippen LogP contribution < -0.4 is 5.32 Å². The predicted molar refractivity (Wildman–Crippen MR) is 73.7 cm³/mol. The molecule has 2 aromatic heterocycles. The summed E-state index contributed by atoms with van der Waals surface area (Å²) in [5.41, 5.74) is 0. The van der Waals surface area contributed by atoms with E-state index >= 15 is 0 Å². The van der Waals surface area contributed by atoms with Gasteiger partial charge in [0.25, 0.3) is 0 Å². The second kappa shape index (κ2) is 5.29. The molecule has 0 saturated carbocycles. The SMILES string of the molecule is CCS(=O)(=O)Cc1ncc(-c2nnc(NC)s2)s1. The predicted octanol–water partition coefficient (Wildman–Crippen LogP) is 1.64. The van der Waals surface area contributed by atoms with Crippen molar-refractivity contribution in [2.75, 3.05) is 18.1 Å². The highest BCUT2D eigenvalue weighted by molar-refractivity contribution is 7.90. The highest BCUT2D eigenvalue weighted by Gasteiger charge is 2.14. The zero-order chi connectivity index (χ0) is 13.2. The number of nitrogens with zero attached hydrogens (tertiary/aromatic N) is 3. The molecule has 0 unspecified atom stereocenters. The van der Waals surface area contributed by atoms with Crippen LogP contribution >= 0.6 is 22.7 Å². The van der Waals surface area contributed by atoms with Gasteiger partial charge in [-0.2, -0.15) is 0 Å². The maximum atomic E-state index is 11.5. The third-order valence-corrected chi connectivity index (χ3v) is 6.07. The highest BCUT2D eigenvalue weighted by Crippen LogP contribution is 2.31. The Morgan fingerprint density at radius 1 is 1.33 bits per heavy atom. The van der Waals surface area contributed by atoms with E-state index in [0.717, 1.165) is 15.0 Å². The molecule has 0 aliphatic rings. The lowest BCUT2D eigenvalue weighted by atomic mass is 10.6. The van der Waals surface area contributed by atoms with Crippen LogP contribution in [0.5, 0.6) is 0 Å². The Morgan fingerprint density at radius 3 is 2.72 bits per heavy atom. The van der Waals surface area contributed by atoms with Crippen molar-refractivity contribution in [2.45, 2.75) is 12.7 Å². The van der Waals surface area contributed by atoms with Crippen molar-refractivity contribution in [3.63, 3.8) is 0 Å². The number of hydrogen-bond acceptors (Lipinski definition) is 8. The summed E-state index contributed by atoms with van der Waals surface area (Å²) in [7, 11) is -1.26. The largest absolute Gasteiger partial charge is 0.363 e. The van der Waals surface area contributed by atoms with Crippen LogP contribution in [0.3, 0.4) is 0 Å². The van der Waals surface area contributed by atoms with Crippen molar-refractivity contribution in [3.05, 3.63) is 11.2 Å². The summed E-state index contributed by atoms with van der Waals surface area (Å²) in [5, 5.41) is 12.9. The molecule has 0 aromatic carbocycles. The minimum Gasteiger partial charge on any atom is -0.363 e. The van der Waals surface area contributed by atoms with Gasteiger partial charge >= 0.3 is 0 Å². The molecule has 2 rings (SSSR count). The topological polar surface area (TPSA) is 84.8 Å². The fraction of sp³-hybridized carbons (Fsp3) is 0.444. The summed E-state index contributed by atoms with van der Waals surface area (Å²) in [6, 6.07) is 0. The summed E-state index contributed by atoms with van der Waals surface area (Å²) in [6.45, 7) is 1.63. The van der Waals surface area contributed by atoms with Crippen LogP contribution in [0, 0.1) is 0 Å². The van der Waals surface area contributed by atoms with Crippen LogP contribution in [0.15, 0.2) is 6.20 Å². The zero-order valence-corrected chi connectivity index (χ0v) is 12.3. The Labute approximate surface area is 113 Å². The lowest BCUT2D eigenvalue weighted by molar-refractivity contribution is 0.596. The van der Waals surface area contributed by atoms with Crippen molar-refractivity contribution in [2.24, 2.45) is 0 Å². The van der Waals surface area contributed by atoms with E-state index < -0.39 is 9.84 Å². The number of aromatic nitrogens is 3. The summed E-state index contributed by atoms with van der Waals surface area (Å²) < 4.78 is 23.0. The fourth-order valence-electron chi connectivity index (χ4n) is 1.19. The van der Waals surface area contributed by atoms with Gasteiger partial charge in [-0.1, -0.05) is 18.3 Å². The first kappa shape index (κ1) is 13.4. The van der Waals surface area contributed by atoms with Gasteiger partial charge in [0.1, 0.15) is 10.8 Å². The second-order valence-corrected chi connectivity index (χ2v) is 7.90. The van der Waals surface area contributed by atoms with E-state index in [1.165, 1.54) is 22.7 Å². The molecule has 0 amide bonds. The van der Waals surface area contributed by atoms with Crippen LogP contribution in [0.2, 0.25) is 0 Å². The van der Waals surface area contributed by atoms with Gasteiger partial charge in [-0.05, 0) is 0 Å². The molecule has 0 aliphatic carbocycles. The number of hydrogen-bond donors (Lipinski definition) is 1. The van der Waals surface area contributed by atoms with E-state index in [4.69, 9.17) is 0 Å². The van der Waals surface area contributed by atoms with E-state index in [1.54, 1.807) is 20.2 Å². The summed E-state index contributed by atoms with van der Waals surface area (Å²) in [5.74, 6) is 0.122. The molecule has 0 saturated heterocycles. The maximum absolute atomic E-state index is 11.5. The summed E-state index contributed by atoms with van der Waals surface area (Å²) in [4.78, 5) is 4.96. The first-order chi connectivity index (χ1) is 8.54. The molecular formula is C9H12N4O2S3. The first-order valence-corrected chi connectivity index (χ1v) is 8.66. The van der Waals surface area contributed by atoms with Crippen molar-refractivity contribution < 1.29 is 8.42 Å². The van der Waals surface area contributed by atoms with Crippen LogP contribution in [0.25, 0.3) is 9.88 Å². The normalized spacial score (nSPS) is 11.7. The third-order valence-electron chi connectivity index (χ3n) is 2.19. The molecule has 18 heavy (non-hydrogen) atoms. The van der Waals surface area contributed by atoms with Gasteiger partial charge in [0, 0.05) is 19.0 Å². The first-order valence-electron chi connectivity index (χ1n) is 5.21. The third kappa shape index (κ3) is 3.03. The van der Waals surface area contributed by atoms with Crippen molar-refractivity contribution in [1.29, 1.82) is 0 Å². The molecule has 1 N–H and O–H groups in total. The Morgan fingerprint density at radius 2 is 2.11 bits per heavy atom. The standard InChI is InChI=1S/C9H12N4O2S3/c1-3-18(14,15)5-7-11-4-6(16-7)8-12-13-9(10-2)17-8/h4H,3,5H2,1-2H3,(H,10,13). The van der Waals surface area contributed by atoms with Gasteiger partial charge in [-0.15, -0.1) is 21.5 Å². The van der Waals surface area contributed by atoms with Crippen LogP contribution in [0.4, 0.5) is 5.13 Å².